The number of rotatable bonds is 4. The zero-order chi connectivity index (χ0) is 13.2. The highest BCUT2D eigenvalue weighted by Gasteiger charge is 2.30. The smallest absolute Gasteiger partial charge is 0.0424 e. The Kier molecular flexibility index (Phi) is 8.11. The Morgan fingerprint density at radius 2 is 1.62 bits per heavy atom. The molecule has 2 nitrogen and oxygen atoms in total. The van der Waals surface area contributed by atoms with Crippen LogP contribution in [-0.4, -0.2) is 31.1 Å². The van der Waals surface area contributed by atoms with Gasteiger partial charge in [-0.05, 0) is 36.1 Å². The SMILES string of the molecule is Cl.Cl.Clc1cc(Cl)cc([C@@H](CC2CC2)N2CCNCC2)c1. The number of nitrogens with zero attached hydrogens (tertiary/aromatic N) is 1. The molecule has 120 valence electrons. The third-order valence-corrected chi connectivity index (χ3v) is 4.55. The molecule has 1 aliphatic heterocycles. The van der Waals surface area contributed by atoms with E-state index in [0.717, 1.165) is 42.1 Å². The Morgan fingerprint density at radius 3 is 2.14 bits per heavy atom. The molecule has 2 aliphatic rings. The summed E-state index contributed by atoms with van der Waals surface area (Å²) >= 11 is 12.3. The fourth-order valence-corrected chi connectivity index (χ4v) is 3.47. The first-order chi connectivity index (χ1) is 9.22. The van der Waals surface area contributed by atoms with Crippen LogP contribution in [0.2, 0.25) is 10.0 Å². The molecular weight excluding hydrogens is 350 g/mol. The summed E-state index contributed by atoms with van der Waals surface area (Å²) in [4.78, 5) is 2.58. The van der Waals surface area contributed by atoms with Gasteiger partial charge in [0, 0.05) is 42.3 Å². The highest BCUT2D eigenvalue weighted by atomic mass is 35.5. The minimum atomic E-state index is 0. The van der Waals surface area contributed by atoms with Gasteiger partial charge in [-0.3, -0.25) is 4.90 Å². The molecule has 2 fully saturated rings. The minimum Gasteiger partial charge on any atom is -0.314 e. The Hall–Kier alpha value is 0.300. The number of piperazine rings is 1. The van der Waals surface area contributed by atoms with E-state index in [1.807, 2.05) is 6.07 Å². The third kappa shape index (κ3) is 5.46. The molecule has 0 unspecified atom stereocenters. The lowest BCUT2D eigenvalue weighted by atomic mass is 9.98. The number of benzene rings is 1. The van der Waals surface area contributed by atoms with Crippen LogP contribution in [0.5, 0.6) is 0 Å². The van der Waals surface area contributed by atoms with Crippen molar-refractivity contribution in [1.29, 1.82) is 0 Å². The lowest BCUT2D eigenvalue weighted by Gasteiger charge is -2.35. The molecule has 1 saturated heterocycles. The van der Waals surface area contributed by atoms with Gasteiger partial charge in [0.1, 0.15) is 0 Å². The average Bonchev–Trinajstić information content (AvgIpc) is 3.20. The van der Waals surface area contributed by atoms with Gasteiger partial charge in [-0.2, -0.15) is 0 Å². The molecule has 0 radical (unpaired) electrons. The standard InChI is InChI=1S/C15H20Cl2N2.2ClH/c16-13-8-12(9-14(17)10-13)15(7-11-1-2-11)19-5-3-18-4-6-19;;/h8-11,15,18H,1-7H2;2*1H/t15-;;/m1../s1. The molecule has 1 heterocycles. The fraction of sp³-hybridized carbons (Fsp3) is 0.600. The summed E-state index contributed by atoms with van der Waals surface area (Å²) in [5, 5.41) is 4.92. The van der Waals surface area contributed by atoms with Gasteiger partial charge in [0.2, 0.25) is 0 Å². The van der Waals surface area contributed by atoms with Gasteiger partial charge in [-0.15, -0.1) is 24.8 Å². The predicted octanol–water partition coefficient (Wildman–Crippen LogP) is 4.58. The molecule has 6 heteroatoms. The first-order valence-corrected chi connectivity index (χ1v) is 7.89. The Morgan fingerprint density at radius 1 is 1.05 bits per heavy atom. The fourth-order valence-electron chi connectivity index (χ4n) is 2.93. The minimum absolute atomic E-state index is 0. The molecular formula is C15H22Cl4N2. The van der Waals surface area contributed by atoms with E-state index in [1.165, 1.54) is 24.8 Å². The number of nitrogens with one attached hydrogen (secondary N) is 1. The normalized spacial score (nSPS) is 20.3. The third-order valence-electron chi connectivity index (χ3n) is 4.12. The van der Waals surface area contributed by atoms with Gasteiger partial charge < -0.3 is 5.32 Å². The molecule has 0 bridgehead atoms. The van der Waals surface area contributed by atoms with Crippen LogP contribution in [0.25, 0.3) is 0 Å². The van der Waals surface area contributed by atoms with Crippen LogP contribution in [0, 0.1) is 5.92 Å². The van der Waals surface area contributed by atoms with Crippen molar-refractivity contribution in [3.63, 3.8) is 0 Å². The summed E-state index contributed by atoms with van der Waals surface area (Å²) in [5.41, 5.74) is 1.28. The Labute approximate surface area is 149 Å². The number of halogens is 4. The van der Waals surface area contributed by atoms with Gasteiger partial charge in [-0.1, -0.05) is 36.0 Å². The van der Waals surface area contributed by atoms with Crippen molar-refractivity contribution in [2.45, 2.75) is 25.3 Å². The van der Waals surface area contributed by atoms with Gasteiger partial charge in [0.25, 0.3) is 0 Å². The van der Waals surface area contributed by atoms with E-state index >= 15 is 0 Å². The van der Waals surface area contributed by atoms with Crippen molar-refractivity contribution in [2.75, 3.05) is 26.2 Å². The summed E-state index contributed by atoms with van der Waals surface area (Å²) in [6.07, 6.45) is 4.02. The zero-order valence-electron chi connectivity index (χ0n) is 11.9. The van der Waals surface area contributed by atoms with Crippen molar-refractivity contribution in [2.24, 2.45) is 5.92 Å². The van der Waals surface area contributed by atoms with E-state index in [0.29, 0.717) is 6.04 Å². The second-order valence-corrected chi connectivity index (χ2v) is 6.56. The topological polar surface area (TPSA) is 15.3 Å². The van der Waals surface area contributed by atoms with Crippen LogP contribution >= 0.6 is 48.0 Å². The summed E-state index contributed by atoms with van der Waals surface area (Å²) in [6, 6.07) is 6.47. The van der Waals surface area contributed by atoms with Crippen molar-refractivity contribution >= 4 is 48.0 Å². The predicted molar refractivity (Wildman–Crippen MR) is 95.5 cm³/mol. The van der Waals surface area contributed by atoms with Gasteiger partial charge in [0.15, 0.2) is 0 Å². The summed E-state index contributed by atoms with van der Waals surface area (Å²) in [7, 11) is 0. The van der Waals surface area contributed by atoms with Crippen molar-refractivity contribution in [3.05, 3.63) is 33.8 Å². The van der Waals surface area contributed by atoms with E-state index in [-0.39, 0.29) is 24.8 Å². The molecule has 1 saturated carbocycles. The molecule has 0 spiro atoms. The summed E-state index contributed by atoms with van der Waals surface area (Å²) in [5.74, 6) is 0.901. The number of hydrogen-bond donors (Lipinski definition) is 1. The Balaban J connectivity index is 0.00000110. The first-order valence-electron chi connectivity index (χ1n) is 7.13. The molecule has 1 aliphatic carbocycles. The van der Waals surface area contributed by atoms with Gasteiger partial charge >= 0.3 is 0 Å². The molecule has 1 aromatic rings. The van der Waals surface area contributed by atoms with Crippen molar-refractivity contribution in [1.82, 2.24) is 10.2 Å². The van der Waals surface area contributed by atoms with Crippen molar-refractivity contribution < 1.29 is 0 Å². The molecule has 1 aromatic carbocycles. The van der Waals surface area contributed by atoms with E-state index in [4.69, 9.17) is 23.2 Å². The van der Waals surface area contributed by atoms with Crippen LogP contribution < -0.4 is 5.32 Å². The van der Waals surface area contributed by atoms with Crippen LogP contribution in [-0.2, 0) is 0 Å². The lowest BCUT2D eigenvalue weighted by molar-refractivity contribution is 0.160. The summed E-state index contributed by atoms with van der Waals surface area (Å²) in [6.45, 7) is 4.38. The van der Waals surface area contributed by atoms with Crippen LogP contribution in [0.3, 0.4) is 0 Å². The Bertz CT molecular complexity index is 425. The van der Waals surface area contributed by atoms with Crippen molar-refractivity contribution in [3.8, 4) is 0 Å². The van der Waals surface area contributed by atoms with Crippen LogP contribution in [0.4, 0.5) is 0 Å². The first kappa shape index (κ1) is 19.3. The molecule has 0 aromatic heterocycles. The van der Waals surface area contributed by atoms with Crippen LogP contribution in [0.1, 0.15) is 30.9 Å². The highest BCUT2D eigenvalue weighted by Crippen LogP contribution is 2.41. The second-order valence-electron chi connectivity index (χ2n) is 5.68. The monoisotopic (exact) mass is 370 g/mol. The number of hydrogen-bond acceptors (Lipinski definition) is 2. The maximum Gasteiger partial charge on any atom is 0.0424 e. The zero-order valence-corrected chi connectivity index (χ0v) is 15.0. The van der Waals surface area contributed by atoms with Gasteiger partial charge in [0.05, 0.1) is 0 Å². The van der Waals surface area contributed by atoms with E-state index < -0.39 is 0 Å². The highest BCUT2D eigenvalue weighted by molar-refractivity contribution is 6.34. The van der Waals surface area contributed by atoms with E-state index in [1.54, 1.807) is 0 Å². The maximum absolute atomic E-state index is 6.17. The molecule has 3 rings (SSSR count). The van der Waals surface area contributed by atoms with E-state index in [9.17, 15) is 0 Å². The molecule has 21 heavy (non-hydrogen) atoms. The molecule has 1 atom stereocenters. The van der Waals surface area contributed by atoms with Gasteiger partial charge in [-0.25, -0.2) is 0 Å². The quantitative estimate of drug-likeness (QED) is 0.832. The molecule has 1 N–H and O–H groups in total. The maximum atomic E-state index is 6.17. The average molecular weight is 372 g/mol. The van der Waals surface area contributed by atoms with Crippen LogP contribution in [0.15, 0.2) is 18.2 Å². The largest absolute Gasteiger partial charge is 0.314 e. The molecule has 0 amide bonds. The summed E-state index contributed by atoms with van der Waals surface area (Å²) < 4.78 is 0. The van der Waals surface area contributed by atoms with E-state index in [2.05, 4.69) is 22.3 Å². The second kappa shape index (κ2) is 8.81. The lowest BCUT2D eigenvalue weighted by Crippen LogP contribution is -2.45.